The fourth-order valence-corrected chi connectivity index (χ4v) is 1.36. The lowest BCUT2D eigenvalue weighted by molar-refractivity contribution is 0.294. The first-order valence-electron chi connectivity index (χ1n) is 4.45. The highest BCUT2D eigenvalue weighted by Gasteiger charge is 2.02. The third-order valence-corrected chi connectivity index (χ3v) is 2.06. The summed E-state index contributed by atoms with van der Waals surface area (Å²) in [5.41, 5.74) is 8.63. The Morgan fingerprint density at radius 1 is 1.25 bits per heavy atom. The van der Waals surface area contributed by atoms with Crippen molar-refractivity contribution >= 4 is 41.9 Å². The van der Waals surface area contributed by atoms with Crippen LogP contribution in [-0.4, -0.2) is 18.2 Å². The molecule has 1 rings (SSSR count). The molecule has 0 saturated heterocycles. The van der Waals surface area contributed by atoms with E-state index in [1.165, 1.54) is 5.56 Å². The van der Waals surface area contributed by atoms with E-state index in [9.17, 15) is 0 Å². The van der Waals surface area contributed by atoms with Crippen molar-refractivity contribution in [1.82, 2.24) is 0 Å². The molecule has 0 heterocycles. The van der Waals surface area contributed by atoms with Gasteiger partial charge in [0.1, 0.15) is 0 Å². The first-order chi connectivity index (χ1) is 6.83. The summed E-state index contributed by atoms with van der Waals surface area (Å²) >= 11 is 0.635. The van der Waals surface area contributed by atoms with Gasteiger partial charge < -0.3 is 10.5 Å². The van der Waals surface area contributed by atoms with Crippen LogP contribution in [0.2, 0.25) is 0 Å². The molecule has 0 saturated carbocycles. The van der Waals surface area contributed by atoms with E-state index in [1.807, 2.05) is 18.2 Å². The van der Waals surface area contributed by atoms with Crippen LogP contribution in [-0.2, 0) is 11.2 Å². The summed E-state index contributed by atoms with van der Waals surface area (Å²) in [5, 5.41) is 5.22. The maximum Gasteiger partial charge on any atom is 0.0729 e. The normalized spacial score (nSPS) is 12.1. The van der Waals surface area contributed by atoms with E-state index in [4.69, 9.17) is 15.6 Å². The zero-order valence-corrected chi connectivity index (χ0v) is 11.3. The summed E-state index contributed by atoms with van der Waals surface area (Å²) in [5.74, 6) is 0. The van der Waals surface area contributed by atoms with Crippen LogP contribution < -0.4 is 10.9 Å². The van der Waals surface area contributed by atoms with Gasteiger partial charge in [-0.1, -0.05) is 30.3 Å². The van der Waals surface area contributed by atoms with Crippen molar-refractivity contribution in [2.24, 2.45) is 10.9 Å². The third-order valence-electron chi connectivity index (χ3n) is 1.79. The van der Waals surface area contributed by atoms with Crippen molar-refractivity contribution in [2.75, 3.05) is 6.61 Å². The molecular weight excluding hydrogens is 267 g/mol. The molecule has 3 nitrogen and oxygen atoms in total. The summed E-state index contributed by atoms with van der Waals surface area (Å²) in [7, 11) is 0. The minimum absolute atomic E-state index is 0. The fourth-order valence-electron chi connectivity index (χ4n) is 1.19. The van der Waals surface area contributed by atoms with Crippen LogP contribution in [0.15, 0.2) is 30.3 Å². The largest absolute Gasteiger partial charge is 0.345 e. The Balaban J connectivity index is 0. The van der Waals surface area contributed by atoms with Gasteiger partial charge in [0.05, 0.1) is 12.2 Å². The van der Waals surface area contributed by atoms with E-state index in [1.54, 1.807) is 5.55 Å². The molecule has 0 aliphatic carbocycles. The van der Waals surface area contributed by atoms with Gasteiger partial charge in [-0.05, 0) is 12.0 Å². The summed E-state index contributed by atoms with van der Waals surface area (Å²) in [4.78, 5) is 0. The lowest BCUT2D eigenvalue weighted by Crippen LogP contribution is -2.28. The van der Waals surface area contributed by atoms with Gasteiger partial charge in [-0.2, -0.15) is 0 Å². The molecule has 16 heavy (non-hydrogen) atoms. The molecule has 6 heteroatoms. The Labute approximate surface area is 112 Å². The van der Waals surface area contributed by atoms with Crippen LogP contribution in [0, 0.1) is 0 Å². The predicted octanol–water partition coefficient (Wildman–Crippen LogP) is 1.52. The molecule has 94 valence electrons. The number of thiol groups is 1. The van der Waals surface area contributed by atoms with E-state index in [-0.39, 0.29) is 30.9 Å². The molecule has 0 aliphatic rings. The number of ether oxygens (including phenoxy) is 1. The first kappa shape index (κ1) is 18.3. The minimum atomic E-state index is 0. The lowest BCUT2D eigenvalue weighted by atomic mass is 10.1. The Morgan fingerprint density at radius 2 is 1.88 bits per heavy atom. The Bertz CT molecular complexity index is 285. The molecule has 0 spiro atoms. The van der Waals surface area contributed by atoms with Gasteiger partial charge in [0.25, 0.3) is 0 Å². The molecule has 0 bridgehead atoms. The monoisotopic (exact) mass is 284 g/mol. The number of rotatable bonds is 5. The SMILES string of the molecule is Cl.Cl.N[SH]=COC[C@H](N)Cc1ccccc1. The second kappa shape index (κ2) is 11.4. The summed E-state index contributed by atoms with van der Waals surface area (Å²) in [6, 6.07) is 10.2. The number of benzene rings is 1. The summed E-state index contributed by atoms with van der Waals surface area (Å²) in [6.45, 7) is 0.513. The van der Waals surface area contributed by atoms with Gasteiger partial charge >= 0.3 is 0 Å². The molecule has 4 N–H and O–H groups in total. The van der Waals surface area contributed by atoms with Gasteiger partial charge in [0.2, 0.25) is 0 Å². The molecule has 0 aliphatic heterocycles. The summed E-state index contributed by atoms with van der Waals surface area (Å²) < 4.78 is 5.13. The average molecular weight is 285 g/mol. The first-order valence-corrected chi connectivity index (χ1v) is 5.49. The van der Waals surface area contributed by atoms with Gasteiger partial charge in [0.15, 0.2) is 0 Å². The molecule has 0 fully saturated rings. The van der Waals surface area contributed by atoms with E-state index >= 15 is 0 Å². The van der Waals surface area contributed by atoms with E-state index in [0.29, 0.717) is 18.1 Å². The van der Waals surface area contributed by atoms with Crippen molar-refractivity contribution < 1.29 is 4.74 Å². The molecular formula is C10H18Cl2N2OS. The van der Waals surface area contributed by atoms with Gasteiger partial charge in [0, 0.05) is 6.04 Å². The topological polar surface area (TPSA) is 61.3 Å². The highest BCUT2D eigenvalue weighted by Crippen LogP contribution is 2.01. The zero-order chi connectivity index (χ0) is 10.2. The van der Waals surface area contributed by atoms with Crippen LogP contribution in [0.5, 0.6) is 0 Å². The minimum Gasteiger partial charge on any atom is -0.345 e. The fraction of sp³-hybridized carbons (Fsp3) is 0.300. The molecule has 1 aromatic rings. The van der Waals surface area contributed by atoms with Gasteiger partial charge in [-0.25, -0.2) is 0 Å². The number of hydrogen-bond donors (Lipinski definition) is 3. The standard InChI is InChI=1S/C10H16N2OS.2ClH/c11-10(7-13-8-14-12)6-9-4-2-1-3-5-9;;/h1-5,8,10,14H,6-7,11-12H2;2*1H/t10-;;/m1../s1. The van der Waals surface area contributed by atoms with Crippen molar-refractivity contribution in [1.29, 1.82) is 0 Å². The number of nitrogens with two attached hydrogens (primary N) is 2. The maximum atomic E-state index is 5.86. The number of hydrogen-bond acceptors (Lipinski definition) is 3. The predicted molar refractivity (Wildman–Crippen MR) is 77.8 cm³/mol. The Morgan fingerprint density at radius 3 is 2.44 bits per heavy atom. The van der Waals surface area contributed by atoms with E-state index < -0.39 is 0 Å². The highest BCUT2D eigenvalue weighted by molar-refractivity contribution is 7.95. The average Bonchev–Trinajstić information content (AvgIpc) is 2.20. The summed E-state index contributed by atoms with van der Waals surface area (Å²) in [6.07, 6.45) is 0.830. The lowest BCUT2D eigenvalue weighted by Gasteiger charge is -2.09. The molecule has 1 aromatic carbocycles. The van der Waals surface area contributed by atoms with Crippen LogP contribution in [0.1, 0.15) is 5.56 Å². The molecule has 0 radical (unpaired) electrons. The van der Waals surface area contributed by atoms with Crippen molar-refractivity contribution in [3.8, 4) is 0 Å². The van der Waals surface area contributed by atoms with E-state index in [0.717, 1.165) is 6.42 Å². The zero-order valence-electron chi connectivity index (χ0n) is 8.78. The Hall–Kier alpha value is -0.100. The van der Waals surface area contributed by atoms with Crippen LogP contribution in [0.3, 0.4) is 0 Å². The van der Waals surface area contributed by atoms with Crippen molar-refractivity contribution in [2.45, 2.75) is 12.5 Å². The van der Waals surface area contributed by atoms with Crippen molar-refractivity contribution in [3.05, 3.63) is 35.9 Å². The molecule has 1 atom stereocenters. The van der Waals surface area contributed by atoms with Crippen LogP contribution in [0.25, 0.3) is 0 Å². The second-order valence-corrected chi connectivity index (χ2v) is 3.55. The number of halogens is 2. The smallest absolute Gasteiger partial charge is 0.0729 e. The van der Waals surface area contributed by atoms with Gasteiger partial charge in [-0.3, -0.25) is 5.14 Å². The quantitative estimate of drug-likeness (QED) is 0.568. The third kappa shape index (κ3) is 8.10. The van der Waals surface area contributed by atoms with Crippen molar-refractivity contribution in [3.63, 3.8) is 0 Å². The van der Waals surface area contributed by atoms with E-state index in [2.05, 4.69) is 12.1 Å². The highest BCUT2D eigenvalue weighted by atomic mass is 35.5. The van der Waals surface area contributed by atoms with Gasteiger partial charge in [-0.15, -0.1) is 36.4 Å². The molecule has 0 amide bonds. The molecule has 0 unspecified atom stereocenters. The molecule has 0 aromatic heterocycles. The Kier molecular flexibility index (Phi) is 13.0. The maximum absolute atomic E-state index is 5.86. The second-order valence-electron chi connectivity index (χ2n) is 3.04. The van der Waals surface area contributed by atoms with Crippen LogP contribution >= 0.6 is 36.4 Å². The van der Waals surface area contributed by atoms with Crippen LogP contribution in [0.4, 0.5) is 0 Å².